The Bertz CT molecular complexity index is 283. The first-order chi connectivity index (χ1) is 6.22. The van der Waals surface area contributed by atoms with Gasteiger partial charge in [-0.05, 0) is 6.92 Å². The van der Waals surface area contributed by atoms with Crippen LogP contribution >= 0.6 is 0 Å². The first-order valence-electron chi connectivity index (χ1n) is 4.16. The summed E-state index contributed by atoms with van der Waals surface area (Å²) in [6.07, 6.45) is 3.63. The van der Waals surface area contributed by atoms with Crippen LogP contribution in [0.25, 0.3) is 0 Å². The SMILES string of the molecule is CCn1cc(OCCC(N)=O)cn1. The van der Waals surface area contributed by atoms with E-state index in [1.807, 2.05) is 6.92 Å². The van der Waals surface area contributed by atoms with Gasteiger partial charge in [0.2, 0.25) is 5.91 Å². The smallest absolute Gasteiger partial charge is 0.220 e. The van der Waals surface area contributed by atoms with Gasteiger partial charge in [0.15, 0.2) is 5.75 Å². The average molecular weight is 183 g/mol. The highest BCUT2D eigenvalue weighted by atomic mass is 16.5. The molecule has 1 amide bonds. The van der Waals surface area contributed by atoms with Crippen molar-refractivity contribution < 1.29 is 9.53 Å². The van der Waals surface area contributed by atoms with Crippen LogP contribution in [-0.2, 0) is 11.3 Å². The minimum absolute atomic E-state index is 0.233. The summed E-state index contributed by atoms with van der Waals surface area (Å²) in [7, 11) is 0. The van der Waals surface area contributed by atoms with Crippen LogP contribution in [0, 0.1) is 0 Å². The Labute approximate surface area is 76.5 Å². The highest BCUT2D eigenvalue weighted by Crippen LogP contribution is 2.07. The highest BCUT2D eigenvalue weighted by Gasteiger charge is 1.99. The molecule has 2 N–H and O–H groups in total. The third-order valence-corrected chi connectivity index (χ3v) is 1.55. The minimum atomic E-state index is -0.358. The Morgan fingerprint density at radius 2 is 2.54 bits per heavy atom. The Balaban J connectivity index is 2.32. The molecule has 0 unspecified atom stereocenters. The molecule has 0 aromatic carbocycles. The summed E-state index contributed by atoms with van der Waals surface area (Å²) in [5.74, 6) is 0.311. The van der Waals surface area contributed by atoms with E-state index >= 15 is 0 Å². The molecule has 0 aliphatic carbocycles. The molecule has 0 saturated carbocycles. The second-order valence-corrected chi connectivity index (χ2v) is 2.60. The zero-order valence-corrected chi connectivity index (χ0v) is 7.56. The van der Waals surface area contributed by atoms with Crippen LogP contribution in [0.15, 0.2) is 12.4 Å². The van der Waals surface area contributed by atoms with Gasteiger partial charge in [-0.3, -0.25) is 9.48 Å². The van der Waals surface area contributed by atoms with Crippen molar-refractivity contribution in [3.8, 4) is 5.75 Å². The molecule has 0 bridgehead atoms. The molecular formula is C8H13N3O2. The molecular weight excluding hydrogens is 170 g/mol. The third-order valence-electron chi connectivity index (χ3n) is 1.55. The Hall–Kier alpha value is -1.52. The van der Waals surface area contributed by atoms with E-state index in [-0.39, 0.29) is 12.3 Å². The number of nitrogens with two attached hydrogens (primary N) is 1. The number of rotatable bonds is 5. The minimum Gasteiger partial charge on any atom is -0.490 e. The number of carbonyl (C=O) groups is 1. The highest BCUT2D eigenvalue weighted by molar-refractivity contribution is 5.73. The molecule has 0 radical (unpaired) electrons. The van der Waals surface area contributed by atoms with Crippen molar-refractivity contribution in [3.63, 3.8) is 0 Å². The largest absolute Gasteiger partial charge is 0.490 e. The second-order valence-electron chi connectivity index (χ2n) is 2.60. The van der Waals surface area contributed by atoms with Crippen LogP contribution in [0.2, 0.25) is 0 Å². The van der Waals surface area contributed by atoms with Crippen LogP contribution in [0.5, 0.6) is 5.75 Å². The number of nitrogens with zero attached hydrogens (tertiary/aromatic N) is 2. The van der Waals surface area contributed by atoms with Gasteiger partial charge in [0, 0.05) is 6.54 Å². The van der Waals surface area contributed by atoms with Crippen molar-refractivity contribution in [2.45, 2.75) is 19.9 Å². The Kier molecular flexibility index (Phi) is 3.31. The number of hydrogen-bond donors (Lipinski definition) is 1. The fourth-order valence-electron chi connectivity index (χ4n) is 0.862. The van der Waals surface area contributed by atoms with Gasteiger partial charge in [-0.25, -0.2) is 0 Å². The summed E-state index contributed by atoms with van der Waals surface area (Å²) in [6, 6.07) is 0. The lowest BCUT2D eigenvalue weighted by Gasteiger charge is -1.99. The second kappa shape index (κ2) is 4.49. The van der Waals surface area contributed by atoms with E-state index in [0.29, 0.717) is 12.4 Å². The lowest BCUT2D eigenvalue weighted by molar-refractivity contribution is -0.118. The lowest BCUT2D eigenvalue weighted by atomic mass is 10.4. The number of amides is 1. The van der Waals surface area contributed by atoms with E-state index in [0.717, 1.165) is 6.54 Å². The van der Waals surface area contributed by atoms with Gasteiger partial charge in [0.05, 0.1) is 25.4 Å². The zero-order valence-electron chi connectivity index (χ0n) is 7.56. The predicted octanol–water partition coefficient (Wildman–Crippen LogP) is 0.157. The molecule has 0 saturated heterocycles. The van der Waals surface area contributed by atoms with Gasteiger partial charge in [-0.2, -0.15) is 5.10 Å². The molecule has 1 rings (SSSR count). The van der Waals surface area contributed by atoms with Gasteiger partial charge in [-0.15, -0.1) is 0 Å². The van der Waals surface area contributed by atoms with Crippen LogP contribution in [0.3, 0.4) is 0 Å². The molecule has 72 valence electrons. The number of carbonyl (C=O) groups excluding carboxylic acids is 1. The average Bonchev–Trinajstić information content (AvgIpc) is 2.52. The molecule has 5 heteroatoms. The predicted molar refractivity (Wildman–Crippen MR) is 47.2 cm³/mol. The summed E-state index contributed by atoms with van der Waals surface area (Å²) in [4.78, 5) is 10.4. The monoisotopic (exact) mass is 183 g/mol. The van der Waals surface area contributed by atoms with Gasteiger partial charge < -0.3 is 10.5 Å². The van der Waals surface area contributed by atoms with Gasteiger partial charge in [0.1, 0.15) is 0 Å². The molecule has 0 atom stereocenters. The van der Waals surface area contributed by atoms with Crippen molar-refractivity contribution in [1.29, 1.82) is 0 Å². The summed E-state index contributed by atoms with van der Waals surface area (Å²) < 4.78 is 6.96. The summed E-state index contributed by atoms with van der Waals surface area (Å²) >= 11 is 0. The van der Waals surface area contributed by atoms with Crippen LogP contribution < -0.4 is 10.5 Å². The van der Waals surface area contributed by atoms with E-state index in [1.165, 1.54) is 0 Å². The van der Waals surface area contributed by atoms with Crippen LogP contribution in [0.4, 0.5) is 0 Å². The molecule has 0 fully saturated rings. The van der Waals surface area contributed by atoms with E-state index in [1.54, 1.807) is 17.1 Å². The maximum atomic E-state index is 10.4. The fraction of sp³-hybridized carbons (Fsp3) is 0.500. The fourth-order valence-corrected chi connectivity index (χ4v) is 0.862. The van der Waals surface area contributed by atoms with Gasteiger partial charge >= 0.3 is 0 Å². The molecule has 0 aliphatic rings. The topological polar surface area (TPSA) is 70.1 Å². The van der Waals surface area contributed by atoms with Gasteiger partial charge in [0.25, 0.3) is 0 Å². The zero-order chi connectivity index (χ0) is 9.68. The van der Waals surface area contributed by atoms with Crippen molar-refractivity contribution in [2.75, 3.05) is 6.61 Å². The number of aromatic nitrogens is 2. The number of hydrogen-bond acceptors (Lipinski definition) is 3. The van der Waals surface area contributed by atoms with Crippen molar-refractivity contribution in [1.82, 2.24) is 9.78 Å². The summed E-state index contributed by atoms with van der Waals surface area (Å²) in [5, 5.41) is 4.01. The van der Waals surface area contributed by atoms with Gasteiger partial charge in [-0.1, -0.05) is 0 Å². The Morgan fingerprint density at radius 1 is 1.77 bits per heavy atom. The van der Waals surface area contributed by atoms with E-state index in [9.17, 15) is 4.79 Å². The molecule has 1 aromatic rings. The van der Waals surface area contributed by atoms with Crippen LogP contribution in [0.1, 0.15) is 13.3 Å². The standard InChI is InChI=1S/C8H13N3O2/c1-2-11-6-7(5-10-11)13-4-3-8(9)12/h5-6H,2-4H2,1H3,(H2,9,12). The third kappa shape index (κ3) is 3.14. The molecule has 5 nitrogen and oxygen atoms in total. The molecule has 0 spiro atoms. The number of ether oxygens (including phenoxy) is 1. The van der Waals surface area contributed by atoms with Crippen LogP contribution in [-0.4, -0.2) is 22.3 Å². The van der Waals surface area contributed by atoms with E-state index < -0.39 is 0 Å². The Morgan fingerprint density at radius 3 is 3.08 bits per heavy atom. The van der Waals surface area contributed by atoms with E-state index in [2.05, 4.69) is 5.10 Å². The molecule has 0 aliphatic heterocycles. The maximum absolute atomic E-state index is 10.4. The maximum Gasteiger partial charge on any atom is 0.220 e. The summed E-state index contributed by atoms with van der Waals surface area (Å²) in [6.45, 7) is 3.10. The molecule has 1 heterocycles. The van der Waals surface area contributed by atoms with Crippen molar-refractivity contribution in [2.24, 2.45) is 5.73 Å². The quantitative estimate of drug-likeness (QED) is 0.706. The molecule has 13 heavy (non-hydrogen) atoms. The van der Waals surface area contributed by atoms with Crippen molar-refractivity contribution >= 4 is 5.91 Å². The first kappa shape index (κ1) is 9.57. The number of aryl methyl sites for hydroxylation is 1. The normalized spacial score (nSPS) is 9.92. The van der Waals surface area contributed by atoms with Crippen molar-refractivity contribution in [3.05, 3.63) is 12.4 Å². The number of primary amides is 1. The first-order valence-corrected chi connectivity index (χ1v) is 4.16. The van der Waals surface area contributed by atoms with E-state index in [4.69, 9.17) is 10.5 Å². The lowest BCUT2D eigenvalue weighted by Crippen LogP contribution is -2.14. The molecule has 1 aromatic heterocycles. The summed E-state index contributed by atoms with van der Waals surface area (Å²) in [5.41, 5.74) is 4.95.